The van der Waals surface area contributed by atoms with Crippen LogP contribution >= 0.6 is 0 Å². The molecule has 60 valence electrons. The average molecular weight is 160 g/mol. The highest BCUT2D eigenvalue weighted by Gasteiger charge is 2.71. The summed E-state index contributed by atoms with van der Waals surface area (Å²) in [4.78, 5) is 11.3. The number of ketones is 1. The maximum atomic E-state index is 11.3. The summed E-state index contributed by atoms with van der Waals surface area (Å²) in [6.07, 6.45) is 2.13. The van der Waals surface area contributed by atoms with Gasteiger partial charge in [0.2, 0.25) is 0 Å². The van der Waals surface area contributed by atoms with E-state index < -0.39 is 0 Å². The van der Waals surface area contributed by atoms with E-state index in [1.807, 2.05) is 6.07 Å². The molecule has 3 nitrogen and oxygen atoms in total. The van der Waals surface area contributed by atoms with Gasteiger partial charge in [-0.15, -0.1) is 0 Å². The molecule has 0 spiro atoms. The highest BCUT2D eigenvalue weighted by Crippen LogP contribution is 2.73. The maximum Gasteiger partial charge on any atom is 0.153 e. The van der Waals surface area contributed by atoms with Crippen molar-refractivity contribution in [3.8, 4) is 12.1 Å². The third-order valence-corrected chi connectivity index (χ3v) is 3.10. The van der Waals surface area contributed by atoms with E-state index in [1.165, 1.54) is 0 Å². The second kappa shape index (κ2) is 1.87. The fourth-order valence-electron chi connectivity index (χ4n) is 2.46. The second-order valence-corrected chi connectivity index (χ2v) is 3.96. The zero-order chi connectivity index (χ0) is 8.82. The van der Waals surface area contributed by atoms with Crippen molar-refractivity contribution in [3.05, 3.63) is 0 Å². The van der Waals surface area contributed by atoms with Crippen molar-refractivity contribution < 1.29 is 4.79 Å². The zero-order valence-corrected chi connectivity index (χ0v) is 6.63. The fourth-order valence-corrected chi connectivity index (χ4v) is 2.46. The molecular formula is C9H8N2O. The topological polar surface area (TPSA) is 64.7 Å². The second-order valence-electron chi connectivity index (χ2n) is 3.96. The van der Waals surface area contributed by atoms with Crippen molar-refractivity contribution in [2.45, 2.75) is 25.7 Å². The van der Waals surface area contributed by atoms with Gasteiger partial charge in [0.1, 0.15) is 0 Å². The Morgan fingerprint density at radius 2 is 1.92 bits per heavy atom. The Bertz CT molecular complexity index is 312. The van der Waals surface area contributed by atoms with Crippen molar-refractivity contribution in [2.75, 3.05) is 0 Å². The van der Waals surface area contributed by atoms with Crippen LogP contribution < -0.4 is 0 Å². The molecule has 0 heterocycles. The molecule has 0 aromatic rings. The Hall–Kier alpha value is -1.35. The first-order valence-corrected chi connectivity index (χ1v) is 3.98. The molecule has 0 saturated heterocycles. The highest BCUT2D eigenvalue weighted by molar-refractivity contribution is 5.90. The maximum absolute atomic E-state index is 11.3. The molecule has 3 heteroatoms. The van der Waals surface area contributed by atoms with Crippen LogP contribution in [-0.4, -0.2) is 5.78 Å². The fraction of sp³-hybridized carbons (Fsp3) is 0.667. The van der Waals surface area contributed by atoms with Gasteiger partial charge in [-0.25, -0.2) is 0 Å². The van der Waals surface area contributed by atoms with Crippen molar-refractivity contribution in [3.63, 3.8) is 0 Å². The Kier molecular flexibility index (Phi) is 1.14. The summed E-state index contributed by atoms with van der Waals surface area (Å²) in [6.45, 7) is 0. The van der Waals surface area contributed by atoms with Crippen LogP contribution in [0.5, 0.6) is 0 Å². The number of nitriles is 2. The van der Waals surface area contributed by atoms with Crippen LogP contribution in [0.15, 0.2) is 0 Å². The molecule has 2 bridgehead atoms. The minimum absolute atomic E-state index is 0.0154. The molecular weight excluding hydrogens is 152 g/mol. The van der Waals surface area contributed by atoms with Gasteiger partial charge in [0.05, 0.1) is 24.0 Å². The van der Waals surface area contributed by atoms with Crippen molar-refractivity contribution in [2.24, 2.45) is 10.8 Å². The van der Waals surface area contributed by atoms with Crippen LogP contribution in [0.4, 0.5) is 0 Å². The van der Waals surface area contributed by atoms with Crippen LogP contribution in [-0.2, 0) is 4.79 Å². The molecule has 0 aliphatic heterocycles. The van der Waals surface area contributed by atoms with E-state index in [9.17, 15) is 4.79 Å². The molecule has 3 aliphatic rings. The summed E-state index contributed by atoms with van der Waals surface area (Å²) >= 11 is 0. The molecule has 3 fully saturated rings. The average Bonchev–Trinajstić information content (AvgIpc) is 1.83. The van der Waals surface area contributed by atoms with Crippen LogP contribution in [0.1, 0.15) is 25.7 Å². The first-order valence-electron chi connectivity index (χ1n) is 3.98. The lowest BCUT2D eigenvalue weighted by atomic mass is 9.34. The van der Waals surface area contributed by atoms with Crippen molar-refractivity contribution in [1.29, 1.82) is 10.5 Å². The van der Waals surface area contributed by atoms with E-state index in [4.69, 9.17) is 10.5 Å². The van der Waals surface area contributed by atoms with Crippen LogP contribution in [0, 0.1) is 33.5 Å². The number of Topliss-reactive ketones (excluding diaryl/α,β-unsaturated/α-hetero) is 1. The third kappa shape index (κ3) is 0.617. The predicted molar refractivity (Wildman–Crippen MR) is 39.6 cm³/mol. The van der Waals surface area contributed by atoms with Crippen LogP contribution in [0.2, 0.25) is 0 Å². The number of nitrogens with zero attached hydrogens (tertiary/aromatic N) is 2. The van der Waals surface area contributed by atoms with Gasteiger partial charge in [0.15, 0.2) is 5.78 Å². The van der Waals surface area contributed by atoms with Crippen molar-refractivity contribution in [1.82, 2.24) is 0 Å². The van der Waals surface area contributed by atoms with Gasteiger partial charge in [-0.2, -0.15) is 10.5 Å². The van der Waals surface area contributed by atoms with Gasteiger partial charge in [0, 0.05) is 5.41 Å². The minimum atomic E-state index is -0.245. The number of carbonyl (C=O) groups excluding carboxylic acids is 1. The Balaban J connectivity index is 2.02. The lowest BCUT2D eigenvalue weighted by Gasteiger charge is -2.65. The van der Waals surface area contributed by atoms with E-state index in [2.05, 4.69) is 6.07 Å². The predicted octanol–water partition coefficient (Wildman–Crippen LogP) is 1.16. The highest BCUT2D eigenvalue weighted by atomic mass is 16.1. The number of hydrogen-bond acceptors (Lipinski definition) is 3. The molecule has 12 heavy (non-hydrogen) atoms. The summed E-state index contributed by atoms with van der Waals surface area (Å²) in [7, 11) is 0. The van der Waals surface area contributed by atoms with Gasteiger partial charge >= 0.3 is 0 Å². The summed E-state index contributed by atoms with van der Waals surface area (Å²) in [5.41, 5.74) is -0.420. The molecule has 0 aromatic carbocycles. The van der Waals surface area contributed by atoms with Gasteiger partial charge < -0.3 is 0 Å². The van der Waals surface area contributed by atoms with E-state index in [-0.39, 0.29) is 23.0 Å². The first kappa shape index (κ1) is 7.31. The Labute approximate surface area is 70.6 Å². The van der Waals surface area contributed by atoms with Crippen LogP contribution in [0.3, 0.4) is 0 Å². The third-order valence-electron chi connectivity index (χ3n) is 3.10. The standard InChI is InChI=1S/C9H8N2O/c10-2-1-7(12)9-3-8(4-9,5-9)6-11/h1,3-5H2. The van der Waals surface area contributed by atoms with E-state index in [0.717, 1.165) is 0 Å². The zero-order valence-electron chi connectivity index (χ0n) is 6.63. The van der Waals surface area contributed by atoms with Crippen LogP contribution in [0.25, 0.3) is 0 Å². The van der Waals surface area contributed by atoms with Gasteiger partial charge in [-0.1, -0.05) is 0 Å². The van der Waals surface area contributed by atoms with Gasteiger partial charge in [-0.3, -0.25) is 4.79 Å². The molecule has 3 rings (SSSR count). The summed E-state index contributed by atoms with van der Waals surface area (Å²) in [6, 6.07) is 4.09. The van der Waals surface area contributed by atoms with E-state index >= 15 is 0 Å². The molecule has 0 atom stereocenters. The monoisotopic (exact) mass is 160 g/mol. The minimum Gasteiger partial charge on any atom is -0.298 e. The quantitative estimate of drug-likeness (QED) is 0.608. The Morgan fingerprint density at radius 1 is 1.33 bits per heavy atom. The Morgan fingerprint density at radius 3 is 2.33 bits per heavy atom. The number of rotatable bonds is 2. The molecule has 3 saturated carbocycles. The van der Waals surface area contributed by atoms with Gasteiger partial charge in [0.25, 0.3) is 0 Å². The summed E-state index contributed by atoms with van der Waals surface area (Å²) in [5.74, 6) is 0.0436. The molecule has 0 aromatic heterocycles. The van der Waals surface area contributed by atoms with Crippen molar-refractivity contribution >= 4 is 5.78 Å². The lowest BCUT2D eigenvalue weighted by molar-refractivity contribution is -0.181. The molecule has 3 aliphatic carbocycles. The SMILES string of the molecule is N#CCC(=O)C12CC(C#N)(C1)C2. The van der Waals surface area contributed by atoms with Gasteiger partial charge in [-0.05, 0) is 19.3 Å². The normalized spacial score (nSPS) is 41.5. The smallest absolute Gasteiger partial charge is 0.153 e. The molecule has 0 unspecified atom stereocenters. The summed E-state index contributed by atoms with van der Waals surface area (Å²) in [5, 5.41) is 17.0. The summed E-state index contributed by atoms with van der Waals surface area (Å²) < 4.78 is 0. The number of hydrogen-bond donors (Lipinski definition) is 0. The first-order chi connectivity index (χ1) is 5.66. The number of carbonyl (C=O) groups is 1. The molecule has 0 amide bonds. The van der Waals surface area contributed by atoms with E-state index in [0.29, 0.717) is 19.3 Å². The van der Waals surface area contributed by atoms with E-state index in [1.54, 1.807) is 0 Å². The molecule has 0 radical (unpaired) electrons. The largest absolute Gasteiger partial charge is 0.298 e. The molecule has 0 N–H and O–H groups in total. The lowest BCUT2D eigenvalue weighted by Crippen LogP contribution is -2.64.